The van der Waals surface area contributed by atoms with Crippen molar-refractivity contribution < 1.29 is 14.3 Å². The summed E-state index contributed by atoms with van der Waals surface area (Å²) in [4.78, 5) is 30.1. The fourth-order valence-corrected chi connectivity index (χ4v) is 5.42. The molecule has 1 N–H and O–H groups in total. The van der Waals surface area contributed by atoms with Crippen molar-refractivity contribution in [2.45, 2.75) is 52.1 Å². The van der Waals surface area contributed by atoms with Crippen LogP contribution in [0.1, 0.15) is 45.1 Å². The van der Waals surface area contributed by atoms with Crippen molar-refractivity contribution in [3.05, 3.63) is 39.9 Å². The van der Waals surface area contributed by atoms with Crippen LogP contribution in [0.5, 0.6) is 0 Å². The molecule has 0 radical (unpaired) electrons. The van der Waals surface area contributed by atoms with Gasteiger partial charge in [-0.2, -0.15) is 0 Å². The van der Waals surface area contributed by atoms with Gasteiger partial charge in [0, 0.05) is 55.6 Å². The van der Waals surface area contributed by atoms with Crippen LogP contribution in [0.2, 0.25) is 5.02 Å². The van der Waals surface area contributed by atoms with E-state index in [2.05, 4.69) is 35.0 Å². The van der Waals surface area contributed by atoms with E-state index in [0.29, 0.717) is 23.6 Å². The first kappa shape index (κ1) is 23.1. The van der Waals surface area contributed by atoms with E-state index in [0.717, 1.165) is 63.4 Å². The zero-order valence-corrected chi connectivity index (χ0v) is 20.1. The number of anilines is 1. The summed E-state index contributed by atoms with van der Waals surface area (Å²) >= 11 is 6.19. The van der Waals surface area contributed by atoms with Crippen molar-refractivity contribution in [1.82, 2.24) is 10.2 Å². The Labute approximate surface area is 195 Å². The number of piperazine rings is 1. The molecule has 7 heteroatoms. The van der Waals surface area contributed by atoms with Crippen molar-refractivity contribution in [2.24, 2.45) is 5.92 Å². The molecule has 1 aromatic rings. The Morgan fingerprint density at radius 2 is 1.88 bits per heavy atom. The van der Waals surface area contributed by atoms with Crippen molar-refractivity contribution in [2.75, 3.05) is 44.2 Å². The number of esters is 1. The number of nitrogens with zero attached hydrogens (tertiary/aromatic N) is 2. The van der Waals surface area contributed by atoms with Gasteiger partial charge in [0.25, 0.3) is 5.91 Å². The van der Waals surface area contributed by atoms with Gasteiger partial charge in [-0.3, -0.25) is 9.69 Å². The number of hydrogen-bond acceptors (Lipinski definition) is 5. The average molecular weight is 460 g/mol. The number of aryl methyl sites for hydroxylation is 1. The molecule has 1 amide bonds. The van der Waals surface area contributed by atoms with E-state index in [-0.39, 0.29) is 11.9 Å². The minimum atomic E-state index is -0.710. The molecule has 2 fully saturated rings. The van der Waals surface area contributed by atoms with E-state index in [1.807, 2.05) is 12.1 Å². The van der Waals surface area contributed by atoms with Gasteiger partial charge in [0.15, 0.2) is 0 Å². The van der Waals surface area contributed by atoms with Crippen molar-refractivity contribution >= 4 is 29.2 Å². The largest absolute Gasteiger partial charge is 0.451 e. The zero-order chi connectivity index (χ0) is 22.9. The summed E-state index contributed by atoms with van der Waals surface area (Å²) in [6, 6.07) is 6.03. The molecule has 1 spiro atoms. The maximum Gasteiger partial charge on any atom is 0.335 e. The maximum absolute atomic E-state index is 13.1. The van der Waals surface area contributed by atoms with Gasteiger partial charge in [0.2, 0.25) is 0 Å². The highest BCUT2D eigenvalue weighted by Gasteiger charge is 2.50. The van der Waals surface area contributed by atoms with Crippen LogP contribution in [0.25, 0.3) is 0 Å². The lowest BCUT2D eigenvalue weighted by atomic mass is 9.75. The molecular formula is C25H34ClN3O3. The Hall–Kier alpha value is -2.05. The fourth-order valence-electron chi connectivity index (χ4n) is 5.26. The quantitative estimate of drug-likeness (QED) is 0.680. The Balaban J connectivity index is 1.29. The topological polar surface area (TPSA) is 61.9 Å². The van der Waals surface area contributed by atoms with Gasteiger partial charge in [-0.25, -0.2) is 4.79 Å². The molecule has 1 saturated heterocycles. The predicted molar refractivity (Wildman–Crippen MR) is 127 cm³/mol. The van der Waals surface area contributed by atoms with Crippen LogP contribution in [0, 0.1) is 12.8 Å². The van der Waals surface area contributed by atoms with E-state index < -0.39 is 5.60 Å². The number of ether oxygens (including phenoxy) is 1. The standard InChI is InChI=1S/C25H34ClN3O3/c1-17-6-8-25(9-7-17)22(19(3)24(31)32-25)23(30)27-10-11-28-12-14-29(15-13-28)21-16-20(26)5-4-18(21)2/h4-5,16-17H,6-15H2,1-3H3,(H,27,30). The zero-order valence-electron chi connectivity index (χ0n) is 19.4. The van der Waals surface area contributed by atoms with Crippen LogP contribution in [-0.2, 0) is 14.3 Å². The van der Waals surface area contributed by atoms with Gasteiger partial charge in [0.05, 0.1) is 5.57 Å². The fraction of sp³-hybridized carbons (Fsp3) is 0.600. The van der Waals surface area contributed by atoms with Crippen LogP contribution in [0.15, 0.2) is 29.3 Å². The summed E-state index contributed by atoms with van der Waals surface area (Å²) in [5, 5.41) is 3.83. The van der Waals surface area contributed by atoms with E-state index in [9.17, 15) is 9.59 Å². The molecule has 32 heavy (non-hydrogen) atoms. The molecule has 0 aromatic heterocycles. The average Bonchev–Trinajstić information content (AvgIpc) is 3.02. The molecule has 0 bridgehead atoms. The van der Waals surface area contributed by atoms with E-state index in [4.69, 9.17) is 16.3 Å². The van der Waals surface area contributed by atoms with Gasteiger partial charge in [-0.05, 0) is 63.1 Å². The minimum Gasteiger partial charge on any atom is -0.451 e. The Kier molecular flexibility index (Phi) is 6.82. The minimum absolute atomic E-state index is 0.143. The van der Waals surface area contributed by atoms with Crippen LogP contribution >= 0.6 is 11.6 Å². The molecule has 174 valence electrons. The first-order valence-electron chi connectivity index (χ1n) is 11.8. The molecule has 6 nitrogen and oxygen atoms in total. The number of carbonyl (C=O) groups excluding carboxylic acids is 2. The van der Waals surface area contributed by atoms with Gasteiger partial charge < -0.3 is 15.0 Å². The summed E-state index contributed by atoms with van der Waals surface area (Å²) in [5.41, 5.74) is 2.76. The van der Waals surface area contributed by atoms with Gasteiger partial charge in [0.1, 0.15) is 5.60 Å². The van der Waals surface area contributed by atoms with Crippen molar-refractivity contribution in [1.29, 1.82) is 0 Å². The predicted octanol–water partition coefficient (Wildman–Crippen LogP) is 3.71. The molecule has 2 aliphatic heterocycles. The normalized spacial score (nSPS) is 26.6. The Morgan fingerprint density at radius 1 is 1.19 bits per heavy atom. The molecule has 3 aliphatic rings. The molecule has 2 heterocycles. The lowest BCUT2D eigenvalue weighted by Gasteiger charge is -2.37. The van der Waals surface area contributed by atoms with Crippen molar-refractivity contribution in [3.8, 4) is 0 Å². The number of benzene rings is 1. The molecule has 0 unspecified atom stereocenters. The van der Waals surface area contributed by atoms with E-state index in [1.54, 1.807) is 6.92 Å². The second kappa shape index (κ2) is 9.44. The number of nitrogens with one attached hydrogen (secondary N) is 1. The van der Waals surface area contributed by atoms with Gasteiger partial charge in [-0.1, -0.05) is 24.6 Å². The molecule has 1 saturated carbocycles. The number of carbonyl (C=O) groups is 2. The van der Waals surface area contributed by atoms with Crippen LogP contribution < -0.4 is 10.2 Å². The highest BCUT2D eigenvalue weighted by Crippen LogP contribution is 2.45. The third-order valence-corrected chi connectivity index (χ3v) is 7.57. The number of hydrogen-bond donors (Lipinski definition) is 1. The molecule has 1 aliphatic carbocycles. The smallest absolute Gasteiger partial charge is 0.335 e. The van der Waals surface area contributed by atoms with E-state index in [1.165, 1.54) is 11.3 Å². The summed E-state index contributed by atoms with van der Waals surface area (Å²) in [5.74, 6) is 0.132. The van der Waals surface area contributed by atoms with Crippen LogP contribution in [0.4, 0.5) is 5.69 Å². The first-order chi connectivity index (χ1) is 15.3. The van der Waals surface area contributed by atoms with Gasteiger partial charge in [-0.15, -0.1) is 0 Å². The monoisotopic (exact) mass is 459 g/mol. The summed E-state index contributed by atoms with van der Waals surface area (Å²) < 4.78 is 5.75. The SMILES string of the molecule is CC1=C(C(=O)NCCN2CCN(c3cc(Cl)ccc3C)CC2)C2(CCC(C)CC2)OC1=O. The molecule has 1 aromatic carbocycles. The molecule has 4 rings (SSSR count). The van der Waals surface area contributed by atoms with Gasteiger partial charge >= 0.3 is 5.97 Å². The maximum atomic E-state index is 13.1. The number of rotatable bonds is 5. The van der Waals surface area contributed by atoms with E-state index >= 15 is 0 Å². The first-order valence-corrected chi connectivity index (χ1v) is 12.1. The second-order valence-electron chi connectivity index (χ2n) is 9.58. The third-order valence-electron chi connectivity index (χ3n) is 7.33. The summed E-state index contributed by atoms with van der Waals surface area (Å²) in [7, 11) is 0. The second-order valence-corrected chi connectivity index (χ2v) is 10.0. The summed E-state index contributed by atoms with van der Waals surface area (Å²) in [6.07, 6.45) is 3.44. The highest BCUT2D eigenvalue weighted by atomic mass is 35.5. The highest BCUT2D eigenvalue weighted by molar-refractivity contribution is 6.30. The molecule has 0 atom stereocenters. The lowest BCUT2D eigenvalue weighted by molar-refractivity contribution is -0.150. The lowest BCUT2D eigenvalue weighted by Crippen LogP contribution is -2.49. The third kappa shape index (κ3) is 4.67. The number of halogens is 1. The van der Waals surface area contributed by atoms with Crippen LogP contribution in [0.3, 0.4) is 0 Å². The summed E-state index contributed by atoms with van der Waals surface area (Å²) in [6.45, 7) is 11.1. The van der Waals surface area contributed by atoms with Crippen molar-refractivity contribution in [3.63, 3.8) is 0 Å². The van der Waals surface area contributed by atoms with Crippen LogP contribution in [-0.4, -0.2) is 61.6 Å². The Morgan fingerprint density at radius 3 is 2.56 bits per heavy atom. The Bertz CT molecular complexity index is 913. The number of amides is 1. The molecular weight excluding hydrogens is 426 g/mol.